The fourth-order valence-corrected chi connectivity index (χ4v) is 2.24. The zero-order valence-corrected chi connectivity index (χ0v) is 13.2. The van der Waals surface area contributed by atoms with Crippen LogP contribution in [-0.4, -0.2) is 28.3 Å². The molecule has 1 aromatic rings. The van der Waals surface area contributed by atoms with Gasteiger partial charge in [0.05, 0.1) is 15.9 Å². The molecule has 0 spiro atoms. The number of aryl methyl sites for hydroxylation is 2. The molecular formula is C13H24BrN3. The number of aromatic nitrogens is 2. The van der Waals surface area contributed by atoms with Crippen molar-refractivity contribution >= 4 is 15.9 Å². The Morgan fingerprint density at radius 2 is 2.06 bits per heavy atom. The average molecular weight is 302 g/mol. The molecule has 17 heavy (non-hydrogen) atoms. The van der Waals surface area contributed by atoms with Crippen molar-refractivity contribution in [3.05, 3.63) is 15.9 Å². The first-order valence-electron chi connectivity index (χ1n) is 6.36. The smallest absolute Gasteiger partial charge is 0.0739 e. The van der Waals surface area contributed by atoms with Gasteiger partial charge in [-0.05, 0) is 55.7 Å². The normalized spacial score (nSPS) is 11.8. The molecule has 1 heterocycles. The van der Waals surface area contributed by atoms with Crippen LogP contribution < -0.4 is 0 Å². The lowest BCUT2D eigenvalue weighted by atomic mass is 10.1. The highest BCUT2D eigenvalue weighted by atomic mass is 79.9. The van der Waals surface area contributed by atoms with Gasteiger partial charge in [-0.3, -0.25) is 4.68 Å². The molecule has 0 atom stereocenters. The summed E-state index contributed by atoms with van der Waals surface area (Å²) in [6.45, 7) is 11.7. The van der Waals surface area contributed by atoms with Crippen LogP contribution in [0.3, 0.4) is 0 Å². The minimum absolute atomic E-state index is 0.763. The van der Waals surface area contributed by atoms with E-state index in [1.807, 2.05) is 6.92 Å². The van der Waals surface area contributed by atoms with Gasteiger partial charge in [-0.2, -0.15) is 5.10 Å². The van der Waals surface area contributed by atoms with Crippen LogP contribution in [0, 0.1) is 12.8 Å². The van der Waals surface area contributed by atoms with E-state index < -0.39 is 0 Å². The maximum atomic E-state index is 4.52. The van der Waals surface area contributed by atoms with Crippen LogP contribution in [0.1, 0.15) is 38.6 Å². The van der Waals surface area contributed by atoms with Crippen LogP contribution >= 0.6 is 15.9 Å². The van der Waals surface area contributed by atoms with Crippen molar-refractivity contribution < 1.29 is 0 Å². The summed E-state index contributed by atoms with van der Waals surface area (Å²) < 4.78 is 3.25. The maximum absolute atomic E-state index is 4.52. The molecule has 0 aromatic carbocycles. The molecule has 0 saturated carbocycles. The Kier molecular flexibility index (Phi) is 5.67. The summed E-state index contributed by atoms with van der Waals surface area (Å²) in [7, 11) is 2.18. The predicted molar refractivity (Wildman–Crippen MR) is 76.1 cm³/mol. The molecule has 0 saturated heterocycles. The van der Waals surface area contributed by atoms with Crippen LogP contribution in [0.5, 0.6) is 0 Å². The molecule has 4 heteroatoms. The molecule has 1 rings (SSSR count). The van der Waals surface area contributed by atoms with E-state index in [0.29, 0.717) is 0 Å². The van der Waals surface area contributed by atoms with Gasteiger partial charge >= 0.3 is 0 Å². The molecule has 0 N–H and O–H groups in total. The number of hydrogen-bond acceptors (Lipinski definition) is 2. The van der Waals surface area contributed by atoms with Gasteiger partial charge < -0.3 is 4.90 Å². The molecule has 0 aliphatic carbocycles. The van der Waals surface area contributed by atoms with Gasteiger partial charge in [-0.15, -0.1) is 0 Å². The fourth-order valence-electron chi connectivity index (χ4n) is 1.83. The Labute approximate surface area is 113 Å². The van der Waals surface area contributed by atoms with E-state index in [1.54, 1.807) is 0 Å². The number of hydrogen-bond donors (Lipinski definition) is 0. The average Bonchev–Trinajstić information content (AvgIpc) is 2.54. The summed E-state index contributed by atoms with van der Waals surface area (Å²) in [5, 5.41) is 4.52. The largest absolute Gasteiger partial charge is 0.301 e. The van der Waals surface area contributed by atoms with Crippen molar-refractivity contribution in [1.29, 1.82) is 0 Å². The number of nitrogens with zero attached hydrogens (tertiary/aromatic N) is 3. The van der Waals surface area contributed by atoms with E-state index in [0.717, 1.165) is 35.7 Å². The summed E-state index contributed by atoms with van der Waals surface area (Å²) in [6, 6.07) is 0. The highest BCUT2D eigenvalue weighted by Gasteiger charge is 2.13. The van der Waals surface area contributed by atoms with Crippen LogP contribution in [-0.2, 0) is 13.1 Å². The van der Waals surface area contributed by atoms with Crippen molar-refractivity contribution in [1.82, 2.24) is 14.7 Å². The van der Waals surface area contributed by atoms with Crippen LogP contribution in [0.15, 0.2) is 4.47 Å². The van der Waals surface area contributed by atoms with E-state index >= 15 is 0 Å². The summed E-state index contributed by atoms with van der Waals surface area (Å²) in [5.74, 6) is 0.763. The van der Waals surface area contributed by atoms with Gasteiger partial charge in [0.25, 0.3) is 0 Å². The summed E-state index contributed by atoms with van der Waals surface area (Å²) in [5.41, 5.74) is 2.37. The molecule has 0 aliphatic heterocycles. The van der Waals surface area contributed by atoms with Crippen molar-refractivity contribution in [3.63, 3.8) is 0 Å². The molecule has 1 aromatic heterocycles. The monoisotopic (exact) mass is 301 g/mol. The first-order valence-corrected chi connectivity index (χ1v) is 7.15. The third-order valence-corrected chi connectivity index (χ3v) is 3.99. The van der Waals surface area contributed by atoms with Gasteiger partial charge in [0.1, 0.15) is 0 Å². The lowest BCUT2D eigenvalue weighted by molar-refractivity contribution is 0.293. The predicted octanol–water partition coefficient (Wildman–Crippen LogP) is 3.45. The second kappa shape index (κ2) is 6.55. The Hall–Kier alpha value is -0.350. The van der Waals surface area contributed by atoms with Gasteiger partial charge in [0.2, 0.25) is 0 Å². The molecule has 0 aliphatic rings. The summed E-state index contributed by atoms with van der Waals surface area (Å²) in [6.07, 6.45) is 1.24. The van der Waals surface area contributed by atoms with Gasteiger partial charge in [-0.25, -0.2) is 0 Å². The Bertz CT molecular complexity index is 358. The van der Waals surface area contributed by atoms with Gasteiger partial charge in [-0.1, -0.05) is 13.8 Å². The van der Waals surface area contributed by atoms with E-state index in [1.165, 1.54) is 12.1 Å². The Balaban J connectivity index is 2.67. The first-order chi connectivity index (χ1) is 7.95. The van der Waals surface area contributed by atoms with Crippen molar-refractivity contribution in [2.45, 2.75) is 47.2 Å². The molecule has 98 valence electrons. The fraction of sp³-hybridized carbons (Fsp3) is 0.769. The highest BCUT2D eigenvalue weighted by molar-refractivity contribution is 9.10. The maximum Gasteiger partial charge on any atom is 0.0739 e. The first kappa shape index (κ1) is 14.7. The third kappa shape index (κ3) is 4.11. The van der Waals surface area contributed by atoms with Crippen molar-refractivity contribution in [2.75, 3.05) is 13.6 Å². The second-order valence-corrected chi connectivity index (χ2v) is 5.88. The van der Waals surface area contributed by atoms with Crippen LogP contribution in [0.2, 0.25) is 0 Å². The molecule has 0 radical (unpaired) electrons. The zero-order valence-electron chi connectivity index (χ0n) is 11.6. The number of rotatable bonds is 6. The molecule has 0 bridgehead atoms. The lowest BCUT2D eigenvalue weighted by Gasteiger charge is -2.18. The van der Waals surface area contributed by atoms with E-state index in [2.05, 4.69) is 58.4 Å². The minimum atomic E-state index is 0.763. The van der Waals surface area contributed by atoms with Crippen molar-refractivity contribution in [2.24, 2.45) is 5.92 Å². The quantitative estimate of drug-likeness (QED) is 0.802. The molecule has 3 nitrogen and oxygen atoms in total. The zero-order chi connectivity index (χ0) is 13.0. The minimum Gasteiger partial charge on any atom is -0.301 e. The van der Waals surface area contributed by atoms with E-state index in [4.69, 9.17) is 0 Å². The van der Waals surface area contributed by atoms with Crippen molar-refractivity contribution in [3.8, 4) is 0 Å². The number of halogens is 1. The van der Waals surface area contributed by atoms with Gasteiger partial charge in [0.15, 0.2) is 0 Å². The van der Waals surface area contributed by atoms with E-state index in [9.17, 15) is 0 Å². The summed E-state index contributed by atoms with van der Waals surface area (Å²) >= 11 is 3.64. The standard InChI is InChI=1S/C13H24BrN3/c1-6-17-12(13(14)11(4)15-17)9-16(5)8-7-10(2)3/h10H,6-9H2,1-5H3. The SMILES string of the molecule is CCn1nc(C)c(Br)c1CN(C)CCC(C)C. The Morgan fingerprint density at radius 3 is 2.59 bits per heavy atom. The van der Waals surface area contributed by atoms with Gasteiger partial charge in [0, 0.05) is 13.1 Å². The highest BCUT2D eigenvalue weighted by Crippen LogP contribution is 2.22. The molecular weight excluding hydrogens is 278 g/mol. The Morgan fingerprint density at radius 1 is 1.41 bits per heavy atom. The third-order valence-electron chi connectivity index (χ3n) is 2.96. The lowest BCUT2D eigenvalue weighted by Crippen LogP contribution is -2.22. The molecule has 0 fully saturated rings. The summed E-state index contributed by atoms with van der Waals surface area (Å²) in [4.78, 5) is 2.37. The van der Waals surface area contributed by atoms with Crippen LogP contribution in [0.25, 0.3) is 0 Å². The van der Waals surface area contributed by atoms with E-state index in [-0.39, 0.29) is 0 Å². The second-order valence-electron chi connectivity index (χ2n) is 5.08. The van der Waals surface area contributed by atoms with Crippen LogP contribution in [0.4, 0.5) is 0 Å². The topological polar surface area (TPSA) is 21.1 Å². The molecule has 0 amide bonds. The molecule has 0 unspecified atom stereocenters.